The minimum Gasteiger partial charge on any atom is -0.496 e. The zero-order chi connectivity index (χ0) is 24.9. The highest BCUT2D eigenvalue weighted by molar-refractivity contribution is 6.42. The molecule has 2 aromatic carbocycles. The first-order valence-corrected chi connectivity index (χ1v) is 11.5. The van der Waals surface area contributed by atoms with Crippen LogP contribution in [0.15, 0.2) is 35.9 Å². The number of nitrogens with zero attached hydrogens (tertiary/aromatic N) is 2. The van der Waals surface area contributed by atoms with Crippen LogP contribution in [-0.2, 0) is 9.59 Å². The Bertz CT molecular complexity index is 1250. The average Bonchev–Trinajstić information content (AvgIpc) is 2.75. The molecule has 34 heavy (non-hydrogen) atoms. The SMILES string of the molecule is COc1cc2c(cc1/C=C1/C(=O)NC(=O)N(c3ccc(Cl)cc3Cl)C1=O)C(C)CC(C)(C)N2C. The number of hydrogen-bond acceptors (Lipinski definition) is 5. The molecular formula is C25H25Cl2N3O4. The van der Waals surface area contributed by atoms with Crippen LogP contribution in [0.1, 0.15) is 44.2 Å². The van der Waals surface area contributed by atoms with Gasteiger partial charge in [0.05, 0.1) is 17.8 Å². The molecule has 0 radical (unpaired) electrons. The second kappa shape index (κ2) is 8.64. The third-order valence-electron chi connectivity index (χ3n) is 6.54. The molecule has 9 heteroatoms. The summed E-state index contributed by atoms with van der Waals surface area (Å²) in [5.74, 6) is -0.811. The maximum atomic E-state index is 13.3. The summed E-state index contributed by atoms with van der Waals surface area (Å²) in [6.45, 7) is 6.53. The van der Waals surface area contributed by atoms with Gasteiger partial charge in [0.25, 0.3) is 11.8 Å². The van der Waals surface area contributed by atoms with E-state index in [2.05, 4.69) is 31.0 Å². The second-order valence-electron chi connectivity index (χ2n) is 9.18. The lowest BCUT2D eigenvalue weighted by atomic mass is 9.79. The van der Waals surface area contributed by atoms with Crippen molar-refractivity contribution in [2.45, 2.75) is 38.6 Å². The van der Waals surface area contributed by atoms with Crippen molar-refractivity contribution in [3.8, 4) is 5.75 Å². The molecule has 1 fully saturated rings. The summed E-state index contributed by atoms with van der Waals surface area (Å²) >= 11 is 12.2. The lowest BCUT2D eigenvalue weighted by molar-refractivity contribution is -0.122. The van der Waals surface area contributed by atoms with Crippen LogP contribution in [0.4, 0.5) is 16.2 Å². The minimum absolute atomic E-state index is 0.0324. The fraction of sp³-hybridized carbons (Fsp3) is 0.320. The van der Waals surface area contributed by atoms with E-state index in [0.717, 1.165) is 22.6 Å². The molecular weight excluding hydrogens is 477 g/mol. The Morgan fingerprint density at radius 1 is 1.12 bits per heavy atom. The smallest absolute Gasteiger partial charge is 0.335 e. The fourth-order valence-corrected chi connectivity index (χ4v) is 5.09. The number of methoxy groups -OCH3 is 1. The molecule has 1 N–H and O–H groups in total. The highest BCUT2D eigenvalue weighted by Crippen LogP contribution is 2.45. The average molecular weight is 502 g/mol. The standard InChI is InChI=1S/C25H25Cl2N3O4/c1-13-12-25(2,3)29(4)20-11-21(34-5)14(8-16(13)20)9-17-22(31)28-24(33)30(23(17)32)19-7-6-15(26)10-18(19)27/h6-11,13H,12H2,1-5H3,(H,28,31,33)/b17-9-. The van der Waals surface area contributed by atoms with Crippen molar-refractivity contribution < 1.29 is 19.1 Å². The predicted octanol–water partition coefficient (Wildman–Crippen LogP) is 5.39. The van der Waals surface area contributed by atoms with Gasteiger partial charge in [-0.3, -0.25) is 14.9 Å². The van der Waals surface area contributed by atoms with Crippen LogP contribution in [0, 0.1) is 0 Å². The first-order valence-electron chi connectivity index (χ1n) is 10.8. The first kappa shape index (κ1) is 24.1. The molecule has 2 aromatic rings. The normalized spacial score (nSPS) is 21.0. The summed E-state index contributed by atoms with van der Waals surface area (Å²) in [6.07, 6.45) is 2.39. The van der Waals surface area contributed by atoms with E-state index in [4.69, 9.17) is 27.9 Å². The molecule has 1 unspecified atom stereocenters. The summed E-state index contributed by atoms with van der Waals surface area (Å²) in [4.78, 5) is 41.6. The van der Waals surface area contributed by atoms with Gasteiger partial charge in [0.2, 0.25) is 0 Å². The second-order valence-corrected chi connectivity index (χ2v) is 10.0. The Morgan fingerprint density at radius 2 is 1.82 bits per heavy atom. The van der Waals surface area contributed by atoms with Gasteiger partial charge in [0, 0.05) is 34.9 Å². The molecule has 178 valence electrons. The van der Waals surface area contributed by atoms with Gasteiger partial charge in [-0.05, 0) is 62.1 Å². The van der Waals surface area contributed by atoms with Crippen molar-refractivity contribution in [2.24, 2.45) is 0 Å². The number of fused-ring (bicyclic) bond motifs is 1. The van der Waals surface area contributed by atoms with Crippen LogP contribution in [0.2, 0.25) is 10.0 Å². The number of carbonyl (C=O) groups excluding carboxylic acids is 3. The number of anilines is 2. The lowest BCUT2D eigenvalue weighted by Crippen LogP contribution is -2.54. The Balaban J connectivity index is 1.81. The van der Waals surface area contributed by atoms with Crippen LogP contribution in [-0.4, -0.2) is 37.5 Å². The van der Waals surface area contributed by atoms with Crippen molar-refractivity contribution in [2.75, 3.05) is 24.0 Å². The van der Waals surface area contributed by atoms with E-state index in [0.29, 0.717) is 16.3 Å². The molecule has 1 saturated heterocycles. The molecule has 0 saturated carbocycles. The summed E-state index contributed by atoms with van der Waals surface area (Å²) in [6, 6.07) is 7.36. The van der Waals surface area contributed by atoms with Crippen molar-refractivity contribution in [1.29, 1.82) is 0 Å². The number of ether oxygens (including phenoxy) is 1. The molecule has 2 aliphatic heterocycles. The largest absolute Gasteiger partial charge is 0.496 e. The lowest BCUT2D eigenvalue weighted by Gasteiger charge is -2.45. The third-order valence-corrected chi connectivity index (χ3v) is 7.07. The van der Waals surface area contributed by atoms with Gasteiger partial charge in [-0.1, -0.05) is 30.1 Å². The monoisotopic (exact) mass is 501 g/mol. The van der Waals surface area contributed by atoms with E-state index >= 15 is 0 Å². The molecule has 2 aliphatic rings. The van der Waals surface area contributed by atoms with Gasteiger partial charge in [0.1, 0.15) is 11.3 Å². The summed E-state index contributed by atoms with van der Waals surface area (Å²) in [5, 5.41) is 2.68. The Kier molecular flexibility index (Phi) is 6.12. The van der Waals surface area contributed by atoms with E-state index in [1.54, 1.807) is 0 Å². The molecule has 4 amide bonds. The minimum atomic E-state index is -0.883. The van der Waals surface area contributed by atoms with E-state index in [-0.39, 0.29) is 27.7 Å². The van der Waals surface area contributed by atoms with E-state index in [1.165, 1.54) is 31.4 Å². The molecule has 2 heterocycles. The van der Waals surface area contributed by atoms with Crippen molar-refractivity contribution in [3.05, 3.63) is 57.1 Å². The topological polar surface area (TPSA) is 79.0 Å². The highest BCUT2D eigenvalue weighted by atomic mass is 35.5. The molecule has 0 aromatic heterocycles. The Labute approximate surface area is 208 Å². The van der Waals surface area contributed by atoms with Gasteiger partial charge in [-0.25, -0.2) is 9.69 Å². The van der Waals surface area contributed by atoms with Crippen LogP contribution >= 0.6 is 23.2 Å². The van der Waals surface area contributed by atoms with Crippen molar-refractivity contribution >= 4 is 58.5 Å². The fourth-order valence-electron chi connectivity index (χ4n) is 4.59. The van der Waals surface area contributed by atoms with E-state index in [1.807, 2.05) is 19.2 Å². The molecule has 0 aliphatic carbocycles. The molecule has 7 nitrogen and oxygen atoms in total. The maximum absolute atomic E-state index is 13.3. The van der Waals surface area contributed by atoms with Gasteiger partial charge >= 0.3 is 6.03 Å². The number of urea groups is 1. The van der Waals surface area contributed by atoms with Gasteiger partial charge in [0.15, 0.2) is 0 Å². The number of carbonyl (C=O) groups is 3. The summed E-state index contributed by atoms with van der Waals surface area (Å²) < 4.78 is 5.61. The number of nitrogens with one attached hydrogen (secondary N) is 1. The van der Waals surface area contributed by atoms with Gasteiger partial charge in [-0.15, -0.1) is 0 Å². The number of halogens is 2. The molecule has 1 atom stereocenters. The number of hydrogen-bond donors (Lipinski definition) is 1. The number of rotatable bonds is 3. The van der Waals surface area contributed by atoms with E-state index in [9.17, 15) is 14.4 Å². The van der Waals surface area contributed by atoms with E-state index < -0.39 is 17.8 Å². The Morgan fingerprint density at radius 3 is 2.47 bits per heavy atom. The van der Waals surface area contributed by atoms with Crippen LogP contribution in [0.3, 0.4) is 0 Å². The zero-order valence-electron chi connectivity index (χ0n) is 19.5. The number of benzene rings is 2. The van der Waals surface area contributed by atoms with Gasteiger partial charge < -0.3 is 9.64 Å². The van der Waals surface area contributed by atoms with Crippen molar-refractivity contribution in [1.82, 2.24) is 5.32 Å². The first-order chi connectivity index (χ1) is 15.9. The third kappa shape index (κ3) is 4.03. The number of amides is 4. The van der Waals surface area contributed by atoms with Crippen molar-refractivity contribution in [3.63, 3.8) is 0 Å². The van der Waals surface area contributed by atoms with Crippen LogP contribution in [0.5, 0.6) is 5.75 Å². The maximum Gasteiger partial charge on any atom is 0.335 e. The number of imide groups is 2. The predicted molar refractivity (Wildman–Crippen MR) is 134 cm³/mol. The van der Waals surface area contributed by atoms with Crippen LogP contribution < -0.4 is 19.9 Å². The zero-order valence-corrected chi connectivity index (χ0v) is 21.0. The summed E-state index contributed by atoms with van der Waals surface area (Å²) in [5.41, 5.74) is 2.58. The quantitative estimate of drug-likeness (QED) is 0.450. The van der Waals surface area contributed by atoms with Gasteiger partial charge in [-0.2, -0.15) is 0 Å². The Hall–Kier alpha value is -3.03. The highest BCUT2D eigenvalue weighted by Gasteiger charge is 2.39. The van der Waals surface area contributed by atoms with Crippen LogP contribution in [0.25, 0.3) is 6.08 Å². The summed E-state index contributed by atoms with van der Waals surface area (Å²) in [7, 11) is 3.58. The molecule has 4 rings (SSSR count). The number of barbiturate groups is 1. The molecule has 0 bridgehead atoms. The molecule has 0 spiro atoms.